The van der Waals surface area contributed by atoms with E-state index in [-0.39, 0.29) is 0 Å². The van der Waals surface area contributed by atoms with E-state index in [1.54, 1.807) is 0 Å². The van der Waals surface area contributed by atoms with Gasteiger partial charge in [0, 0.05) is 37.1 Å². The Labute approximate surface area is 330 Å². The Bertz CT molecular complexity index is 3210. The summed E-state index contributed by atoms with van der Waals surface area (Å²) in [6, 6.07) is 77.7. The summed E-state index contributed by atoms with van der Waals surface area (Å²) >= 11 is 1.88. The predicted molar refractivity (Wildman–Crippen MR) is 243 cm³/mol. The maximum absolute atomic E-state index is 2.44. The van der Waals surface area contributed by atoms with Crippen LogP contribution in [0.3, 0.4) is 0 Å². The van der Waals surface area contributed by atoms with E-state index in [4.69, 9.17) is 0 Å². The zero-order chi connectivity index (χ0) is 37.0. The van der Waals surface area contributed by atoms with Crippen LogP contribution in [-0.4, -0.2) is 0 Å². The smallest absolute Gasteiger partial charge is 0.0540 e. The summed E-state index contributed by atoms with van der Waals surface area (Å²) in [5.41, 5.74) is 10.6. The van der Waals surface area contributed by atoms with E-state index in [9.17, 15) is 0 Å². The number of para-hydroxylation sites is 1. The van der Waals surface area contributed by atoms with Crippen molar-refractivity contribution in [1.82, 2.24) is 0 Å². The normalized spacial score (nSPS) is 11.6. The quantitative estimate of drug-likeness (QED) is 0.154. The van der Waals surface area contributed by atoms with Crippen LogP contribution in [0.15, 0.2) is 212 Å². The number of hydrogen-bond acceptors (Lipinski definition) is 2. The van der Waals surface area contributed by atoms with Gasteiger partial charge in [0.2, 0.25) is 0 Å². The third-order valence-electron chi connectivity index (χ3n) is 11.3. The van der Waals surface area contributed by atoms with E-state index in [1.807, 2.05) is 11.3 Å². The standard InChI is InChI=1S/C54H35NS/c1-2-14-36(15-3-1)38-16-12-17-39(34-38)42-18-8-10-26-52(42)55(41-32-33-48-46-21-5-4-19-44(46)45-20-6-7-22-47(45)51(48)35-41)40-30-28-37(29-31-40)43-24-13-25-50-49-23-9-11-27-53(49)56-54(43)50/h1-35H. The van der Waals surface area contributed by atoms with Gasteiger partial charge in [0.15, 0.2) is 0 Å². The zero-order valence-electron chi connectivity index (χ0n) is 30.6. The molecule has 1 nitrogen and oxygen atoms in total. The Morgan fingerprint density at radius 3 is 1.59 bits per heavy atom. The van der Waals surface area contributed by atoms with Gasteiger partial charge < -0.3 is 4.90 Å². The van der Waals surface area contributed by atoms with Gasteiger partial charge in [-0.3, -0.25) is 0 Å². The lowest BCUT2D eigenvalue weighted by atomic mass is 9.93. The molecule has 10 aromatic carbocycles. The number of anilines is 3. The van der Waals surface area contributed by atoms with Gasteiger partial charge in [-0.2, -0.15) is 0 Å². The van der Waals surface area contributed by atoms with Gasteiger partial charge in [0.05, 0.1) is 5.69 Å². The highest BCUT2D eigenvalue weighted by Crippen LogP contribution is 2.45. The topological polar surface area (TPSA) is 3.24 Å². The highest BCUT2D eigenvalue weighted by atomic mass is 32.1. The lowest BCUT2D eigenvalue weighted by molar-refractivity contribution is 1.29. The van der Waals surface area contributed by atoms with E-state index in [1.165, 1.54) is 85.9 Å². The fourth-order valence-corrected chi connectivity index (χ4v) is 9.87. The highest BCUT2D eigenvalue weighted by molar-refractivity contribution is 7.26. The van der Waals surface area contributed by atoms with Crippen LogP contribution in [0.25, 0.3) is 85.9 Å². The molecule has 0 aliphatic heterocycles. The monoisotopic (exact) mass is 729 g/mol. The molecule has 11 aromatic rings. The summed E-state index contributed by atoms with van der Waals surface area (Å²) in [6.07, 6.45) is 0. The molecule has 0 aliphatic rings. The summed E-state index contributed by atoms with van der Waals surface area (Å²) in [5.74, 6) is 0. The first-order valence-electron chi connectivity index (χ1n) is 19.2. The maximum Gasteiger partial charge on any atom is 0.0540 e. The van der Waals surface area contributed by atoms with Crippen LogP contribution < -0.4 is 4.90 Å². The molecular weight excluding hydrogens is 695 g/mol. The summed E-state index contributed by atoms with van der Waals surface area (Å²) in [6.45, 7) is 0. The van der Waals surface area contributed by atoms with Crippen LogP contribution in [0.4, 0.5) is 17.1 Å². The van der Waals surface area contributed by atoms with Crippen molar-refractivity contribution in [1.29, 1.82) is 0 Å². The van der Waals surface area contributed by atoms with E-state index in [2.05, 4.69) is 217 Å². The van der Waals surface area contributed by atoms with Gasteiger partial charge in [-0.1, -0.05) is 170 Å². The second-order valence-electron chi connectivity index (χ2n) is 14.4. The molecular formula is C54H35NS. The molecule has 1 aromatic heterocycles. The lowest BCUT2D eigenvalue weighted by Crippen LogP contribution is -2.11. The summed E-state index contributed by atoms with van der Waals surface area (Å²) in [5, 5.41) is 10.2. The van der Waals surface area contributed by atoms with Crippen molar-refractivity contribution in [3.05, 3.63) is 212 Å². The number of rotatable bonds is 6. The molecule has 0 saturated carbocycles. The minimum absolute atomic E-state index is 1.10. The molecule has 0 radical (unpaired) electrons. The van der Waals surface area contributed by atoms with Crippen LogP contribution >= 0.6 is 11.3 Å². The third-order valence-corrected chi connectivity index (χ3v) is 12.5. The molecule has 0 atom stereocenters. The number of nitrogens with zero attached hydrogens (tertiary/aromatic N) is 1. The molecule has 0 fully saturated rings. The second-order valence-corrected chi connectivity index (χ2v) is 15.5. The Morgan fingerprint density at radius 2 is 0.821 bits per heavy atom. The van der Waals surface area contributed by atoms with Crippen LogP contribution in [0.1, 0.15) is 0 Å². The first-order chi connectivity index (χ1) is 27.8. The van der Waals surface area contributed by atoms with Crippen molar-refractivity contribution in [3.8, 4) is 33.4 Å². The largest absolute Gasteiger partial charge is 0.310 e. The predicted octanol–water partition coefficient (Wildman–Crippen LogP) is 16.0. The molecule has 1 heterocycles. The van der Waals surface area contributed by atoms with E-state index < -0.39 is 0 Å². The first-order valence-corrected chi connectivity index (χ1v) is 20.0. The molecule has 2 heteroatoms. The molecule has 0 amide bonds. The number of benzene rings is 10. The number of fused-ring (bicyclic) bond motifs is 9. The molecule has 11 rings (SSSR count). The molecule has 0 aliphatic carbocycles. The van der Waals surface area contributed by atoms with E-state index in [0.717, 1.165) is 17.1 Å². The van der Waals surface area contributed by atoms with Crippen LogP contribution in [0.2, 0.25) is 0 Å². The summed E-state index contributed by atoms with van der Waals surface area (Å²) in [7, 11) is 0. The average Bonchev–Trinajstić information content (AvgIpc) is 3.67. The Kier molecular flexibility index (Phi) is 7.75. The van der Waals surface area contributed by atoms with Crippen molar-refractivity contribution < 1.29 is 0 Å². The van der Waals surface area contributed by atoms with Gasteiger partial charge in [-0.25, -0.2) is 0 Å². The molecule has 0 saturated heterocycles. The van der Waals surface area contributed by atoms with Gasteiger partial charge in [0.25, 0.3) is 0 Å². The second kappa shape index (κ2) is 13.4. The van der Waals surface area contributed by atoms with Crippen molar-refractivity contribution in [2.45, 2.75) is 0 Å². The summed E-state index contributed by atoms with van der Waals surface area (Å²) in [4.78, 5) is 2.44. The van der Waals surface area contributed by atoms with Crippen LogP contribution in [-0.2, 0) is 0 Å². The van der Waals surface area contributed by atoms with Crippen molar-refractivity contribution in [2.75, 3.05) is 4.90 Å². The Hall–Kier alpha value is -7.00. The minimum Gasteiger partial charge on any atom is -0.310 e. The molecule has 262 valence electrons. The van der Waals surface area contributed by atoms with E-state index in [0.29, 0.717) is 0 Å². The number of hydrogen-bond donors (Lipinski definition) is 0. The fourth-order valence-electron chi connectivity index (χ4n) is 8.64. The van der Waals surface area contributed by atoms with Crippen molar-refractivity contribution >= 4 is 80.9 Å². The molecule has 0 N–H and O–H groups in total. The Balaban J connectivity index is 1.12. The van der Waals surface area contributed by atoms with Gasteiger partial charge in [0.1, 0.15) is 0 Å². The van der Waals surface area contributed by atoms with Crippen molar-refractivity contribution in [3.63, 3.8) is 0 Å². The van der Waals surface area contributed by atoms with Gasteiger partial charge in [-0.15, -0.1) is 11.3 Å². The van der Waals surface area contributed by atoms with Crippen LogP contribution in [0.5, 0.6) is 0 Å². The fraction of sp³-hybridized carbons (Fsp3) is 0. The zero-order valence-corrected chi connectivity index (χ0v) is 31.4. The maximum atomic E-state index is 2.44. The molecule has 0 spiro atoms. The third kappa shape index (κ3) is 5.38. The Morgan fingerprint density at radius 1 is 0.286 bits per heavy atom. The minimum atomic E-state index is 1.10. The molecule has 0 bridgehead atoms. The summed E-state index contributed by atoms with van der Waals surface area (Å²) < 4.78 is 2.65. The van der Waals surface area contributed by atoms with Gasteiger partial charge in [-0.05, 0) is 103 Å². The average molecular weight is 730 g/mol. The van der Waals surface area contributed by atoms with Crippen LogP contribution in [0, 0.1) is 0 Å². The SMILES string of the molecule is c1ccc(-c2cccc(-c3ccccc3N(c3ccc(-c4cccc5c4sc4ccccc45)cc3)c3ccc4c5ccccc5c5ccccc5c4c3)c2)cc1. The first kappa shape index (κ1) is 32.4. The molecule has 0 unspecified atom stereocenters. The lowest BCUT2D eigenvalue weighted by Gasteiger charge is -2.29. The number of thiophene rings is 1. The molecule has 56 heavy (non-hydrogen) atoms. The van der Waals surface area contributed by atoms with Gasteiger partial charge >= 0.3 is 0 Å². The van der Waals surface area contributed by atoms with Crippen molar-refractivity contribution in [2.24, 2.45) is 0 Å². The van der Waals surface area contributed by atoms with E-state index >= 15 is 0 Å². The highest BCUT2D eigenvalue weighted by Gasteiger charge is 2.20.